The van der Waals surface area contributed by atoms with Gasteiger partial charge in [0.25, 0.3) is 5.56 Å². The Morgan fingerprint density at radius 2 is 1.37 bits per heavy atom. The van der Waals surface area contributed by atoms with Crippen molar-refractivity contribution >= 4 is 55.6 Å². The van der Waals surface area contributed by atoms with Crippen molar-refractivity contribution in [3.63, 3.8) is 0 Å². The van der Waals surface area contributed by atoms with Gasteiger partial charge in [-0.3, -0.25) is 41.6 Å². The van der Waals surface area contributed by atoms with Gasteiger partial charge in [-0.15, -0.1) is 0 Å². The number of nitrogens with one attached hydrogen (secondary N) is 1. The summed E-state index contributed by atoms with van der Waals surface area (Å²) in [5.41, 5.74) is 16.3. The summed E-state index contributed by atoms with van der Waals surface area (Å²) in [6, 6.07) is 1.34. The summed E-state index contributed by atoms with van der Waals surface area (Å²) < 4.78 is 69.7. The Morgan fingerprint density at radius 3 is 2.07 bits per heavy atom. The number of aromatic nitrogens is 10. The number of phosphoric acid groups is 2. The van der Waals surface area contributed by atoms with Crippen LogP contribution in [0.1, 0.15) is 37.9 Å². The van der Waals surface area contributed by atoms with E-state index in [1.165, 1.54) is 40.4 Å². The molecule has 30 heteroatoms. The van der Waals surface area contributed by atoms with E-state index in [2.05, 4.69) is 34.9 Å². The molecule has 3 aliphatic rings. The number of H-pyrrole nitrogens is 1. The van der Waals surface area contributed by atoms with Crippen LogP contribution >= 0.6 is 15.6 Å². The minimum Gasteiger partial charge on any atom is -0.394 e. The van der Waals surface area contributed by atoms with Crippen LogP contribution in [0.2, 0.25) is 0 Å². The SMILES string of the molecule is Nc1ccn([C@H]2C[C@H](OP(=O)(O)OC[C@H]3O[C@@H](n4cnc5c(N)ncnc54)C[C@@H]3OP(=O)(O)OC[C@H]3O[C@@H](n4cnc5c(=O)[nH]c(N)nc54)C[C@@H]3O)[C@@H](CO)O2)c(=O)n1. The van der Waals surface area contributed by atoms with Crippen LogP contribution in [0.5, 0.6) is 0 Å². The highest BCUT2D eigenvalue weighted by Gasteiger charge is 2.46. The van der Waals surface area contributed by atoms with Gasteiger partial charge in [0.05, 0.1) is 38.6 Å². The van der Waals surface area contributed by atoms with Crippen LogP contribution in [-0.2, 0) is 41.4 Å². The van der Waals surface area contributed by atoms with Gasteiger partial charge in [0.2, 0.25) is 5.95 Å². The zero-order valence-corrected chi connectivity index (χ0v) is 32.0. The minimum atomic E-state index is -5.03. The van der Waals surface area contributed by atoms with Gasteiger partial charge in [0.1, 0.15) is 66.9 Å². The number of aliphatic hydroxyl groups is 2. The lowest BCUT2D eigenvalue weighted by Gasteiger charge is -2.24. The van der Waals surface area contributed by atoms with Gasteiger partial charge in [-0.25, -0.2) is 33.9 Å². The number of phosphoric ester groups is 2. The third-order valence-corrected chi connectivity index (χ3v) is 11.7. The van der Waals surface area contributed by atoms with Crippen molar-refractivity contribution in [1.29, 1.82) is 0 Å². The average molecular weight is 870 g/mol. The van der Waals surface area contributed by atoms with Crippen LogP contribution in [0.3, 0.4) is 0 Å². The zero-order valence-electron chi connectivity index (χ0n) is 30.3. The first-order valence-electron chi connectivity index (χ1n) is 17.6. The van der Waals surface area contributed by atoms with Crippen molar-refractivity contribution in [3.05, 3.63) is 52.1 Å². The highest BCUT2D eigenvalue weighted by atomic mass is 31.2. The topological polar surface area (TPSA) is 400 Å². The van der Waals surface area contributed by atoms with Gasteiger partial charge in [0, 0.05) is 25.5 Å². The summed E-state index contributed by atoms with van der Waals surface area (Å²) in [5, 5.41) is 20.7. The first kappa shape index (κ1) is 41.0. The molecule has 3 saturated heterocycles. The molecule has 5 aromatic heterocycles. The highest BCUT2D eigenvalue weighted by Crippen LogP contribution is 2.52. The van der Waals surface area contributed by atoms with Crippen molar-refractivity contribution in [2.75, 3.05) is 37.0 Å². The summed E-state index contributed by atoms with van der Waals surface area (Å²) >= 11 is 0. The Hall–Kier alpha value is -4.80. The summed E-state index contributed by atoms with van der Waals surface area (Å²) in [5.74, 6) is -0.141. The van der Waals surface area contributed by atoms with E-state index in [-0.39, 0.29) is 59.2 Å². The molecule has 28 nitrogen and oxygen atoms in total. The van der Waals surface area contributed by atoms with Gasteiger partial charge < -0.3 is 51.4 Å². The number of nitrogen functional groups attached to an aromatic ring is 3. The fraction of sp³-hybridized carbons (Fsp3) is 0.517. The van der Waals surface area contributed by atoms with E-state index in [4.69, 9.17) is 49.5 Å². The normalized spacial score (nSPS) is 29.3. The van der Waals surface area contributed by atoms with E-state index in [1.807, 2.05) is 0 Å². The number of aliphatic hydroxyl groups excluding tert-OH is 2. The number of fused-ring (bicyclic) bond motifs is 2. The van der Waals surface area contributed by atoms with E-state index in [1.54, 1.807) is 0 Å². The molecule has 8 heterocycles. The number of aromatic amines is 1. The van der Waals surface area contributed by atoms with Crippen LogP contribution < -0.4 is 28.5 Å². The predicted molar refractivity (Wildman–Crippen MR) is 195 cm³/mol. The molecule has 3 fully saturated rings. The number of hydrogen-bond acceptors (Lipinski definition) is 22. The van der Waals surface area contributed by atoms with E-state index >= 15 is 0 Å². The molecule has 2 unspecified atom stereocenters. The first-order chi connectivity index (χ1) is 28.1. The molecular formula is C29H37N13O15P2. The number of nitrogens with zero attached hydrogens (tertiary/aromatic N) is 9. The van der Waals surface area contributed by atoms with Crippen molar-refractivity contribution in [3.8, 4) is 0 Å². The van der Waals surface area contributed by atoms with Crippen molar-refractivity contribution in [2.45, 2.75) is 74.6 Å². The number of nitrogens with two attached hydrogens (primary N) is 3. The monoisotopic (exact) mass is 869 g/mol. The Balaban J connectivity index is 0.946. The highest BCUT2D eigenvalue weighted by molar-refractivity contribution is 7.47. The molecule has 318 valence electrons. The van der Waals surface area contributed by atoms with E-state index in [9.17, 15) is 38.7 Å². The van der Waals surface area contributed by atoms with Crippen LogP contribution in [-0.4, -0.2) is 125 Å². The lowest BCUT2D eigenvalue weighted by atomic mass is 10.2. The molecule has 0 spiro atoms. The largest absolute Gasteiger partial charge is 0.472 e. The van der Waals surface area contributed by atoms with Gasteiger partial charge in [0.15, 0.2) is 22.6 Å². The van der Waals surface area contributed by atoms with Crippen LogP contribution in [0, 0.1) is 0 Å². The second-order valence-electron chi connectivity index (χ2n) is 13.6. The standard InChI is InChI=1S/C29H37N13O15P2/c30-18-1-2-40(29(46)37-18)20-4-13(15(6-43)53-20)56-59(49,50)52-8-17-14(5-21(55-17)41-10-35-22-24(31)33-9-34-25(22)41)57-58(47,48)51-7-16-12(44)3-19(54-16)42-11-36-23-26(42)38-28(32)39-27(23)45/h1-2,9-17,19-21,43-44H,3-8H2,(H,47,48)(H,49,50)(H2,30,37,46)(H2,31,33,34)(H3,32,38,39,45)/t12-,13-,14-,15+,16+,17+,19+,20+,21+/m0/s1. The molecule has 0 bridgehead atoms. The third-order valence-electron chi connectivity index (χ3n) is 9.71. The molecule has 0 saturated carbocycles. The molecule has 5 aromatic rings. The molecule has 3 aliphatic heterocycles. The molecule has 0 radical (unpaired) electrons. The Morgan fingerprint density at radius 1 is 0.780 bits per heavy atom. The number of ether oxygens (including phenoxy) is 3. The van der Waals surface area contributed by atoms with E-state index in [0.29, 0.717) is 0 Å². The molecular weight excluding hydrogens is 832 g/mol. The second-order valence-corrected chi connectivity index (χ2v) is 16.4. The van der Waals surface area contributed by atoms with E-state index in [0.717, 1.165) is 4.57 Å². The quantitative estimate of drug-likeness (QED) is 0.0570. The van der Waals surface area contributed by atoms with Gasteiger partial charge in [-0.1, -0.05) is 0 Å². The van der Waals surface area contributed by atoms with Crippen LogP contribution in [0.15, 0.2) is 40.8 Å². The van der Waals surface area contributed by atoms with E-state index < -0.39 is 102 Å². The smallest absolute Gasteiger partial charge is 0.394 e. The molecule has 11 atom stereocenters. The maximum Gasteiger partial charge on any atom is 0.472 e. The lowest BCUT2D eigenvalue weighted by molar-refractivity contribution is -0.0604. The van der Waals surface area contributed by atoms with Crippen molar-refractivity contribution in [2.24, 2.45) is 0 Å². The Kier molecular flexibility index (Phi) is 11.1. The number of anilines is 3. The number of hydrogen-bond donors (Lipinski definition) is 8. The Labute approximate surface area is 329 Å². The van der Waals surface area contributed by atoms with Crippen molar-refractivity contribution < 1.29 is 61.4 Å². The van der Waals surface area contributed by atoms with Crippen LogP contribution in [0.25, 0.3) is 22.3 Å². The fourth-order valence-corrected chi connectivity index (χ4v) is 8.85. The third kappa shape index (κ3) is 8.49. The van der Waals surface area contributed by atoms with Gasteiger partial charge in [-0.2, -0.15) is 9.97 Å². The van der Waals surface area contributed by atoms with Gasteiger partial charge >= 0.3 is 21.3 Å². The summed E-state index contributed by atoms with van der Waals surface area (Å²) in [4.78, 5) is 72.6. The molecule has 11 N–H and O–H groups in total. The van der Waals surface area contributed by atoms with Crippen molar-refractivity contribution in [1.82, 2.24) is 48.6 Å². The Bertz CT molecular complexity index is 2570. The van der Waals surface area contributed by atoms with Gasteiger partial charge in [-0.05, 0) is 6.07 Å². The summed E-state index contributed by atoms with van der Waals surface area (Å²) in [7, 11) is -10.0. The maximum atomic E-state index is 13.4. The minimum absolute atomic E-state index is 0.0229. The van der Waals surface area contributed by atoms with Crippen LogP contribution in [0.4, 0.5) is 17.6 Å². The zero-order chi connectivity index (χ0) is 41.8. The maximum absolute atomic E-state index is 13.4. The lowest BCUT2D eigenvalue weighted by Crippen LogP contribution is -2.31. The molecule has 0 amide bonds. The molecule has 0 aliphatic carbocycles. The summed E-state index contributed by atoms with van der Waals surface area (Å²) in [6.07, 6.45) is -5.74. The average Bonchev–Trinajstić information content (AvgIpc) is 4.00. The molecule has 8 rings (SSSR count). The fourth-order valence-electron chi connectivity index (χ4n) is 6.93. The summed E-state index contributed by atoms with van der Waals surface area (Å²) in [6.45, 7) is -2.06. The molecule has 0 aromatic carbocycles. The number of imidazole rings is 2. The second kappa shape index (κ2) is 16.0. The molecule has 59 heavy (non-hydrogen) atoms. The first-order valence-corrected chi connectivity index (χ1v) is 20.6. The number of rotatable bonds is 14. The predicted octanol–water partition coefficient (Wildman–Crippen LogP) is -1.82.